The molecule has 0 amide bonds. The fourth-order valence-electron chi connectivity index (χ4n) is 1.55. The van der Waals surface area contributed by atoms with Gasteiger partial charge in [0, 0.05) is 5.69 Å². The van der Waals surface area contributed by atoms with Crippen molar-refractivity contribution >= 4 is 25.7 Å². The SMILES string of the molecule is NS(=O)(=O)c1cccc(NS(=O)(=O)CC2CC2)c1. The van der Waals surface area contributed by atoms with Gasteiger partial charge in [-0.3, -0.25) is 4.72 Å². The van der Waals surface area contributed by atoms with Gasteiger partial charge in [-0.15, -0.1) is 0 Å². The van der Waals surface area contributed by atoms with E-state index in [2.05, 4.69) is 4.72 Å². The lowest BCUT2D eigenvalue weighted by molar-refractivity contribution is 0.595. The van der Waals surface area contributed by atoms with Crippen LogP contribution in [0.3, 0.4) is 0 Å². The summed E-state index contributed by atoms with van der Waals surface area (Å²) in [6.07, 6.45) is 1.86. The van der Waals surface area contributed by atoms with Gasteiger partial charge in [0.1, 0.15) is 0 Å². The van der Waals surface area contributed by atoms with E-state index < -0.39 is 20.0 Å². The number of rotatable bonds is 5. The third-order valence-corrected chi connectivity index (χ3v) is 4.96. The van der Waals surface area contributed by atoms with Crippen LogP contribution in [0.2, 0.25) is 0 Å². The number of nitrogens with two attached hydrogens (primary N) is 1. The summed E-state index contributed by atoms with van der Waals surface area (Å²) in [6.45, 7) is 0. The maximum Gasteiger partial charge on any atom is 0.238 e. The molecule has 100 valence electrons. The number of anilines is 1. The highest BCUT2D eigenvalue weighted by atomic mass is 32.2. The molecule has 2 rings (SSSR count). The van der Waals surface area contributed by atoms with Crippen LogP contribution in [-0.2, 0) is 20.0 Å². The average molecular weight is 290 g/mol. The van der Waals surface area contributed by atoms with E-state index in [1.807, 2.05) is 0 Å². The van der Waals surface area contributed by atoms with Crippen molar-refractivity contribution in [2.24, 2.45) is 11.1 Å². The molecule has 1 aromatic carbocycles. The molecule has 0 aromatic heterocycles. The van der Waals surface area contributed by atoms with Crippen LogP contribution in [0.25, 0.3) is 0 Å². The van der Waals surface area contributed by atoms with Crippen LogP contribution in [0.1, 0.15) is 12.8 Å². The number of benzene rings is 1. The van der Waals surface area contributed by atoms with Crippen molar-refractivity contribution in [1.29, 1.82) is 0 Å². The van der Waals surface area contributed by atoms with Gasteiger partial charge in [-0.25, -0.2) is 22.0 Å². The fraction of sp³-hybridized carbons (Fsp3) is 0.400. The molecule has 0 bridgehead atoms. The molecule has 0 aliphatic heterocycles. The highest BCUT2D eigenvalue weighted by molar-refractivity contribution is 7.92. The first kappa shape index (κ1) is 13.3. The zero-order chi connectivity index (χ0) is 13.4. The highest BCUT2D eigenvalue weighted by Crippen LogP contribution is 2.30. The minimum absolute atomic E-state index is 0.0760. The van der Waals surface area contributed by atoms with Crippen molar-refractivity contribution in [2.45, 2.75) is 17.7 Å². The molecule has 0 heterocycles. The second-order valence-electron chi connectivity index (χ2n) is 4.40. The lowest BCUT2D eigenvalue weighted by atomic mass is 10.3. The van der Waals surface area contributed by atoms with Gasteiger partial charge in [-0.2, -0.15) is 0 Å². The topological polar surface area (TPSA) is 106 Å². The van der Waals surface area contributed by atoms with Crippen LogP contribution in [-0.4, -0.2) is 22.6 Å². The van der Waals surface area contributed by atoms with Crippen molar-refractivity contribution in [3.8, 4) is 0 Å². The van der Waals surface area contributed by atoms with E-state index in [0.717, 1.165) is 12.8 Å². The van der Waals surface area contributed by atoms with Crippen LogP contribution in [0, 0.1) is 5.92 Å². The van der Waals surface area contributed by atoms with Crippen LogP contribution in [0.4, 0.5) is 5.69 Å². The lowest BCUT2D eigenvalue weighted by Gasteiger charge is -2.08. The summed E-state index contributed by atoms with van der Waals surface area (Å²) >= 11 is 0. The molecule has 0 radical (unpaired) electrons. The maximum atomic E-state index is 11.7. The first-order valence-electron chi connectivity index (χ1n) is 5.40. The quantitative estimate of drug-likeness (QED) is 0.822. The first-order valence-corrected chi connectivity index (χ1v) is 8.59. The van der Waals surface area contributed by atoms with Gasteiger partial charge < -0.3 is 0 Å². The third-order valence-electron chi connectivity index (χ3n) is 2.59. The Hall–Kier alpha value is -1.12. The summed E-state index contributed by atoms with van der Waals surface area (Å²) in [6, 6.07) is 5.45. The standard InChI is InChI=1S/C10H14N2O4S2/c11-18(15,16)10-3-1-2-9(6-10)12-17(13,14)7-8-4-5-8/h1-3,6,8,12H,4-5,7H2,(H2,11,15,16). The summed E-state index contributed by atoms with van der Waals surface area (Å²) in [4.78, 5) is -0.117. The molecule has 1 aliphatic carbocycles. The second kappa shape index (κ2) is 4.52. The van der Waals surface area contributed by atoms with E-state index in [4.69, 9.17) is 5.14 Å². The van der Waals surface area contributed by atoms with Gasteiger partial charge in [0.05, 0.1) is 10.6 Å². The average Bonchev–Trinajstić information content (AvgIpc) is 2.99. The van der Waals surface area contributed by atoms with Crippen molar-refractivity contribution in [3.63, 3.8) is 0 Å². The van der Waals surface area contributed by atoms with Gasteiger partial charge in [-0.1, -0.05) is 6.07 Å². The van der Waals surface area contributed by atoms with Crippen LogP contribution >= 0.6 is 0 Å². The monoisotopic (exact) mass is 290 g/mol. The van der Waals surface area contributed by atoms with Gasteiger partial charge in [0.15, 0.2) is 0 Å². The Kier molecular flexibility index (Phi) is 3.35. The molecule has 0 saturated heterocycles. The highest BCUT2D eigenvalue weighted by Gasteiger charge is 2.28. The largest absolute Gasteiger partial charge is 0.284 e. The van der Waals surface area contributed by atoms with E-state index in [9.17, 15) is 16.8 Å². The van der Waals surface area contributed by atoms with Gasteiger partial charge in [-0.05, 0) is 37.0 Å². The van der Waals surface area contributed by atoms with Gasteiger partial charge in [0.2, 0.25) is 20.0 Å². The molecule has 0 unspecified atom stereocenters. The summed E-state index contributed by atoms with van der Waals surface area (Å²) in [5.74, 6) is 0.302. The normalized spacial score (nSPS) is 16.5. The van der Waals surface area contributed by atoms with E-state index in [1.165, 1.54) is 24.3 Å². The number of sulfonamides is 2. The summed E-state index contributed by atoms with van der Waals surface area (Å²) in [5, 5.41) is 4.98. The second-order valence-corrected chi connectivity index (χ2v) is 7.73. The van der Waals surface area contributed by atoms with Crippen LogP contribution in [0.15, 0.2) is 29.2 Å². The zero-order valence-electron chi connectivity index (χ0n) is 9.53. The van der Waals surface area contributed by atoms with Crippen LogP contribution < -0.4 is 9.86 Å². The smallest absolute Gasteiger partial charge is 0.238 e. The molecule has 1 fully saturated rings. The van der Waals surface area contributed by atoms with Gasteiger partial charge in [0.25, 0.3) is 0 Å². The molecule has 3 N–H and O–H groups in total. The molecular weight excluding hydrogens is 276 g/mol. The van der Waals surface area contributed by atoms with Crippen molar-refractivity contribution in [3.05, 3.63) is 24.3 Å². The zero-order valence-corrected chi connectivity index (χ0v) is 11.2. The third kappa shape index (κ3) is 3.69. The van der Waals surface area contributed by atoms with Gasteiger partial charge >= 0.3 is 0 Å². The summed E-state index contributed by atoms with van der Waals surface area (Å²) in [5.41, 5.74) is 0.210. The van der Waals surface area contributed by atoms with Crippen LogP contribution in [0.5, 0.6) is 0 Å². The molecule has 1 saturated carbocycles. The molecule has 8 heteroatoms. The van der Waals surface area contributed by atoms with Crippen molar-refractivity contribution in [1.82, 2.24) is 0 Å². The Morgan fingerprint density at radius 3 is 2.44 bits per heavy atom. The number of primary sulfonamides is 1. The first-order chi connectivity index (χ1) is 8.26. The Morgan fingerprint density at radius 1 is 1.22 bits per heavy atom. The molecule has 1 aromatic rings. The Labute approximate surface area is 106 Å². The van der Waals surface area contributed by atoms with Crippen molar-refractivity contribution < 1.29 is 16.8 Å². The Balaban J connectivity index is 2.19. The molecular formula is C10H14N2O4S2. The molecule has 0 atom stereocenters. The van der Waals surface area contributed by atoms with E-state index in [0.29, 0.717) is 0 Å². The minimum atomic E-state index is -3.83. The predicted octanol–water partition coefficient (Wildman–Crippen LogP) is 0.486. The summed E-state index contributed by atoms with van der Waals surface area (Å²) in [7, 11) is -7.25. The maximum absolute atomic E-state index is 11.7. The Morgan fingerprint density at radius 2 is 1.89 bits per heavy atom. The van der Waals surface area contributed by atoms with E-state index >= 15 is 0 Å². The molecule has 0 spiro atoms. The number of nitrogens with one attached hydrogen (secondary N) is 1. The van der Waals surface area contributed by atoms with E-state index in [1.54, 1.807) is 0 Å². The van der Waals surface area contributed by atoms with E-state index in [-0.39, 0.29) is 22.3 Å². The number of hydrogen-bond donors (Lipinski definition) is 2. The fourth-order valence-corrected chi connectivity index (χ4v) is 3.64. The molecule has 6 nitrogen and oxygen atoms in total. The lowest BCUT2D eigenvalue weighted by Crippen LogP contribution is -2.18. The summed E-state index contributed by atoms with van der Waals surface area (Å²) < 4.78 is 48.1. The van der Waals surface area contributed by atoms with Crippen molar-refractivity contribution in [2.75, 3.05) is 10.5 Å². The number of hydrogen-bond acceptors (Lipinski definition) is 4. The predicted molar refractivity (Wildman–Crippen MR) is 67.9 cm³/mol. The minimum Gasteiger partial charge on any atom is -0.284 e. The molecule has 18 heavy (non-hydrogen) atoms. The molecule has 1 aliphatic rings. The Bertz CT molecular complexity index is 648.